The van der Waals surface area contributed by atoms with Crippen LogP contribution in [0.1, 0.15) is 58.8 Å². The summed E-state index contributed by atoms with van der Waals surface area (Å²) in [5.74, 6) is -0.124. The van der Waals surface area contributed by atoms with Crippen LogP contribution in [-0.4, -0.2) is 20.7 Å². The highest BCUT2D eigenvalue weighted by molar-refractivity contribution is 7.12. The summed E-state index contributed by atoms with van der Waals surface area (Å²) in [6, 6.07) is 7.25. The SMILES string of the molecule is Cc1sc(C(C)N)nc1C(=O)Nc1cnn(-c2cccc(Cl)c2)c1C(C)C. The molecule has 8 heteroatoms. The number of amides is 1. The van der Waals surface area contributed by atoms with Gasteiger partial charge in [0, 0.05) is 9.90 Å². The van der Waals surface area contributed by atoms with Crippen LogP contribution in [0.4, 0.5) is 5.69 Å². The summed E-state index contributed by atoms with van der Waals surface area (Å²) in [5, 5.41) is 8.79. The van der Waals surface area contributed by atoms with E-state index in [1.54, 1.807) is 10.9 Å². The molecule has 1 amide bonds. The third-order valence-corrected chi connectivity index (χ3v) is 5.48. The van der Waals surface area contributed by atoms with Crippen molar-refractivity contribution in [2.75, 3.05) is 5.32 Å². The smallest absolute Gasteiger partial charge is 0.275 e. The fourth-order valence-electron chi connectivity index (χ4n) is 2.83. The molecule has 3 aromatic rings. The summed E-state index contributed by atoms with van der Waals surface area (Å²) >= 11 is 7.56. The maximum atomic E-state index is 12.8. The van der Waals surface area contributed by atoms with Gasteiger partial charge in [0.15, 0.2) is 0 Å². The van der Waals surface area contributed by atoms with Gasteiger partial charge in [-0.2, -0.15) is 5.10 Å². The minimum atomic E-state index is -0.261. The first-order valence-electron chi connectivity index (χ1n) is 8.66. The maximum absolute atomic E-state index is 12.8. The molecule has 1 unspecified atom stereocenters. The molecular weight excluding hydrogens is 382 g/mol. The van der Waals surface area contributed by atoms with Crippen molar-refractivity contribution in [2.24, 2.45) is 5.73 Å². The Bertz CT molecular complexity index is 976. The van der Waals surface area contributed by atoms with Crippen molar-refractivity contribution in [3.05, 3.63) is 56.8 Å². The fourth-order valence-corrected chi connectivity index (χ4v) is 3.88. The van der Waals surface area contributed by atoms with Gasteiger partial charge in [0.2, 0.25) is 0 Å². The minimum absolute atomic E-state index is 0.137. The van der Waals surface area contributed by atoms with Crippen LogP contribution in [0.25, 0.3) is 5.69 Å². The summed E-state index contributed by atoms with van der Waals surface area (Å²) in [6.45, 7) is 7.83. The summed E-state index contributed by atoms with van der Waals surface area (Å²) in [4.78, 5) is 18.0. The zero-order valence-electron chi connectivity index (χ0n) is 15.7. The largest absolute Gasteiger partial charge is 0.322 e. The number of nitrogens with two attached hydrogens (primary N) is 1. The summed E-state index contributed by atoms with van der Waals surface area (Å²) in [7, 11) is 0. The lowest BCUT2D eigenvalue weighted by Crippen LogP contribution is -2.16. The molecule has 6 nitrogen and oxygen atoms in total. The van der Waals surface area contributed by atoms with E-state index < -0.39 is 0 Å². The molecule has 0 saturated heterocycles. The van der Waals surface area contributed by atoms with Crippen LogP contribution >= 0.6 is 22.9 Å². The lowest BCUT2D eigenvalue weighted by molar-refractivity contribution is 0.102. The van der Waals surface area contributed by atoms with Gasteiger partial charge in [-0.25, -0.2) is 9.67 Å². The van der Waals surface area contributed by atoms with E-state index in [1.807, 2.05) is 38.1 Å². The molecule has 2 heterocycles. The molecule has 0 saturated carbocycles. The first-order valence-corrected chi connectivity index (χ1v) is 9.85. The van der Waals surface area contributed by atoms with Crippen molar-refractivity contribution in [2.45, 2.75) is 39.7 Å². The van der Waals surface area contributed by atoms with E-state index in [9.17, 15) is 4.79 Å². The van der Waals surface area contributed by atoms with Crippen LogP contribution in [-0.2, 0) is 0 Å². The van der Waals surface area contributed by atoms with Crippen LogP contribution in [0.2, 0.25) is 5.02 Å². The molecule has 0 aliphatic carbocycles. The number of benzene rings is 1. The van der Waals surface area contributed by atoms with E-state index in [2.05, 4.69) is 29.2 Å². The minimum Gasteiger partial charge on any atom is -0.322 e. The Balaban J connectivity index is 1.95. The topological polar surface area (TPSA) is 85.8 Å². The number of carbonyl (C=O) groups is 1. The lowest BCUT2D eigenvalue weighted by atomic mass is 10.1. The standard InChI is InChI=1S/C19H22ClN5OS/c1-10(2)17-15(9-22-25(17)14-7-5-6-13(20)8-14)23-18(26)16-12(4)27-19(24-16)11(3)21/h5-11H,21H2,1-4H3,(H,23,26). The normalized spacial score (nSPS) is 12.4. The van der Waals surface area contributed by atoms with Gasteiger partial charge in [0.05, 0.1) is 29.3 Å². The number of aromatic nitrogens is 3. The predicted octanol–water partition coefficient (Wildman–Crippen LogP) is 4.69. The Labute approximate surface area is 167 Å². The van der Waals surface area contributed by atoms with Gasteiger partial charge in [-0.15, -0.1) is 11.3 Å². The van der Waals surface area contributed by atoms with E-state index in [0.29, 0.717) is 16.4 Å². The molecule has 0 spiro atoms. The van der Waals surface area contributed by atoms with Crippen LogP contribution in [0.5, 0.6) is 0 Å². The first kappa shape index (κ1) is 19.5. The Morgan fingerprint density at radius 2 is 2.07 bits per heavy atom. The van der Waals surface area contributed by atoms with Crippen molar-refractivity contribution in [1.29, 1.82) is 0 Å². The third-order valence-electron chi connectivity index (χ3n) is 4.07. The molecular formula is C19H22ClN5OS. The van der Waals surface area contributed by atoms with Crippen molar-refractivity contribution in [1.82, 2.24) is 14.8 Å². The number of rotatable bonds is 5. The van der Waals surface area contributed by atoms with Crippen molar-refractivity contribution in [3.8, 4) is 5.69 Å². The van der Waals surface area contributed by atoms with Crippen molar-refractivity contribution >= 4 is 34.5 Å². The monoisotopic (exact) mass is 403 g/mol. The van der Waals surface area contributed by atoms with Gasteiger partial charge in [-0.05, 0) is 38.0 Å². The average molecular weight is 404 g/mol. The second-order valence-corrected chi connectivity index (χ2v) is 8.36. The Kier molecular flexibility index (Phi) is 5.64. The van der Waals surface area contributed by atoms with E-state index in [0.717, 1.165) is 21.3 Å². The first-order chi connectivity index (χ1) is 12.8. The second kappa shape index (κ2) is 7.80. The molecule has 1 aromatic carbocycles. The number of halogens is 1. The van der Waals surface area contributed by atoms with Crippen molar-refractivity contribution < 1.29 is 4.79 Å². The predicted molar refractivity (Wildman–Crippen MR) is 110 cm³/mol. The third kappa shape index (κ3) is 4.05. The van der Waals surface area contributed by atoms with Crippen LogP contribution in [0.3, 0.4) is 0 Å². The van der Waals surface area contributed by atoms with Gasteiger partial charge in [-0.1, -0.05) is 31.5 Å². The summed E-state index contributed by atoms with van der Waals surface area (Å²) < 4.78 is 1.80. The van der Waals surface area contributed by atoms with Gasteiger partial charge < -0.3 is 11.1 Å². The molecule has 142 valence electrons. The molecule has 0 aliphatic heterocycles. The second-order valence-electron chi connectivity index (χ2n) is 6.69. The van der Waals surface area contributed by atoms with E-state index in [1.165, 1.54) is 11.3 Å². The summed E-state index contributed by atoms with van der Waals surface area (Å²) in [6.07, 6.45) is 1.66. The number of carbonyl (C=O) groups excluding carboxylic acids is 1. The molecule has 3 rings (SSSR count). The number of anilines is 1. The number of nitrogens with zero attached hydrogens (tertiary/aromatic N) is 3. The molecule has 27 heavy (non-hydrogen) atoms. The highest BCUT2D eigenvalue weighted by Crippen LogP contribution is 2.29. The molecule has 1 atom stereocenters. The van der Waals surface area contributed by atoms with E-state index in [4.69, 9.17) is 17.3 Å². The zero-order chi connectivity index (χ0) is 19.7. The molecule has 0 aliphatic rings. The molecule has 0 radical (unpaired) electrons. The van der Waals surface area contributed by atoms with Gasteiger partial charge in [0.1, 0.15) is 10.7 Å². The molecule has 2 aromatic heterocycles. The summed E-state index contributed by atoms with van der Waals surface area (Å²) in [5.41, 5.74) is 8.68. The van der Waals surface area contributed by atoms with Gasteiger partial charge >= 0.3 is 0 Å². The van der Waals surface area contributed by atoms with Crippen molar-refractivity contribution in [3.63, 3.8) is 0 Å². The zero-order valence-corrected chi connectivity index (χ0v) is 17.2. The highest BCUT2D eigenvalue weighted by atomic mass is 35.5. The lowest BCUT2D eigenvalue weighted by Gasteiger charge is -2.13. The number of hydrogen-bond acceptors (Lipinski definition) is 5. The number of nitrogens with one attached hydrogen (secondary N) is 1. The van der Waals surface area contributed by atoms with Gasteiger partial charge in [0.25, 0.3) is 5.91 Å². The molecule has 0 fully saturated rings. The Morgan fingerprint density at radius 1 is 1.33 bits per heavy atom. The fraction of sp³-hybridized carbons (Fsp3) is 0.316. The molecule has 3 N–H and O–H groups in total. The van der Waals surface area contributed by atoms with Crippen LogP contribution in [0.15, 0.2) is 30.5 Å². The van der Waals surface area contributed by atoms with E-state index in [-0.39, 0.29) is 17.9 Å². The van der Waals surface area contributed by atoms with Gasteiger partial charge in [-0.3, -0.25) is 4.79 Å². The number of thiazole rings is 1. The highest BCUT2D eigenvalue weighted by Gasteiger charge is 2.21. The quantitative estimate of drug-likeness (QED) is 0.647. The van der Waals surface area contributed by atoms with Crippen LogP contribution in [0, 0.1) is 6.92 Å². The van der Waals surface area contributed by atoms with E-state index >= 15 is 0 Å². The number of hydrogen-bond donors (Lipinski definition) is 2. The number of aryl methyl sites for hydroxylation is 1. The Morgan fingerprint density at radius 3 is 2.67 bits per heavy atom. The molecule has 0 bridgehead atoms. The average Bonchev–Trinajstić information content (AvgIpc) is 3.18. The van der Waals surface area contributed by atoms with Crippen LogP contribution < -0.4 is 11.1 Å². The maximum Gasteiger partial charge on any atom is 0.275 e. The Hall–Kier alpha value is -2.22.